The molecule has 13 heavy (non-hydrogen) atoms. The standard InChI is InChI=1S/C10H16N2S/c1-9-8-11-6-4-10(9)12-5-3-7-13-2/h4,6,8H,3,5,7H2,1-2H3,(H,11,12). The lowest BCUT2D eigenvalue weighted by molar-refractivity contribution is 0.989. The highest BCUT2D eigenvalue weighted by atomic mass is 32.2. The summed E-state index contributed by atoms with van der Waals surface area (Å²) in [5.41, 5.74) is 2.42. The van der Waals surface area contributed by atoms with Crippen molar-refractivity contribution in [2.75, 3.05) is 23.9 Å². The third-order valence-corrected chi connectivity index (χ3v) is 2.56. The van der Waals surface area contributed by atoms with Crippen molar-refractivity contribution in [2.45, 2.75) is 13.3 Å². The highest BCUT2D eigenvalue weighted by molar-refractivity contribution is 7.98. The van der Waals surface area contributed by atoms with Gasteiger partial charge >= 0.3 is 0 Å². The summed E-state index contributed by atoms with van der Waals surface area (Å²) in [5.74, 6) is 1.22. The molecular weight excluding hydrogens is 180 g/mol. The van der Waals surface area contributed by atoms with Crippen LogP contribution in [0, 0.1) is 6.92 Å². The highest BCUT2D eigenvalue weighted by Crippen LogP contribution is 2.11. The molecule has 0 spiro atoms. The van der Waals surface area contributed by atoms with E-state index in [1.807, 2.05) is 30.2 Å². The number of anilines is 1. The fourth-order valence-electron chi connectivity index (χ4n) is 1.11. The Balaban J connectivity index is 2.32. The third kappa shape index (κ3) is 3.68. The summed E-state index contributed by atoms with van der Waals surface area (Å²) < 4.78 is 0. The van der Waals surface area contributed by atoms with Gasteiger partial charge in [0.15, 0.2) is 0 Å². The van der Waals surface area contributed by atoms with Crippen LogP contribution in [0.5, 0.6) is 0 Å². The number of nitrogens with one attached hydrogen (secondary N) is 1. The number of aromatic nitrogens is 1. The minimum atomic E-state index is 1.05. The van der Waals surface area contributed by atoms with Gasteiger partial charge in [0.2, 0.25) is 0 Å². The van der Waals surface area contributed by atoms with Crippen LogP contribution < -0.4 is 5.32 Å². The largest absolute Gasteiger partial charge is 0.385 e. The summed E-state index contributed by atoms with van der Waals surface area (Å²) in [7, 11) is 0. The van der Waals surface area contributed by atoms with Crippen molar-refractivity contribution in [1.82, 2.24) is 4.98 Å². The maximum absolute atomic E-state index is 4.05. The van der Waals surface area contributed by atoms with Crippen LogP contribution in [0.3, 0.4) is 0 Å². The van der Waals surface area contributed by atoms with Gasteiger partial charge < -0.3 is 5.32 Å². The second-order valence-electron chi connectivity index (χ2n) is 2.96. The monoisotopic (exact) mass is 196 g/mol. The Labute approximate surface area is 84.1 Å². The molecule has 1 heterocycles. The summed E-state index contributed by atoms with van der Waals surface area (Å²) in [6.07, 6.45) is 7.06. The lowest BCUT2D eigenvalue weighted by atomic mass is 10.2. The van der Waals surface area contributed by atoms with Crippen LogP contribution >= 0.6 is 11.8 Å². The molecule has 0 aliphatic carbocycles. The van der Waals surface area contributed by atoms with Crippen molar-refractivity contribution in [3.63, 3.8) is 0 Å². The van der Waals surface area contributed by atoms with Crippen molar-refractivity contribution in [1.29, 1.82) is 0 Å². The van der Waals surface area contributed by atoms with Crippen LogP contribution in [0.25, 0.3) is 0 Å². The van der Waals surface area contributed by atoms with Gasteiger partial charge in [-0.3, -0.25) is 4.98 Å². The molecule has 0 aliphatic heterocycles. The molecule has 0 saturated heterocycles. The second kappa shape index (κ2) is 5.86. The van der Waals surface area contributed by atoms with Crippen molar-refractivity contribution in [3.8, 4) is 0 Å². The van der Waals surface area contributed by atoms with Gasteiger partial charge in [0.25, 0.3) is 0 Å². The quantitative estimate of drug-likeness (QED) is 0.733. The van der Waals surface area contributed by atoms with Gasteiger partial charge in [0, 0.05) is 24.6 Å². The van der Waals surface area contributed by atoms with E-state index in [-0.39, 0.29) is 0 Å². The first-order chi connectivity index (χ1) is 6.34. The molecule has 1 N–H and O–H groups in total. The normalized spacial score (nSPS) is 10.0. The minimum Gasteiger partial charge on any atom is -0.385 e. The van der Waals surface area contributed by atoms with Gasteiger partial charge in [0.05, 0.1) is 0 Å². The molecule has 0 aliphatic rings. The minimum absolute atomic E-state index is 1.05. The molecule has 0 aromatic carbocycles. The maximum Gasteiger partial charge on any atom is 0.0400 e. The number of hydrogen-bond acceptors (Lipinski definition) is 3. The van der Waals surface area contributed by atoms with Gasteiger partial charge in [-0.1, -0.05) is 0 Å². The van der Waals surface area contributed by atoms with Crippen LogP contribution in [0.15, 0.2) is 18.5 Å². The molecule has 1 aromatic heterocycles. The van der Waals surface area contributed by atoms with Gasteiger partial charge in [0.1, 0.15) is 0 Å². The van der Waals surface area contributed by atoms with Crippen molar-refractivity contribution in [2.24, 2.45) is 0 Å². The van der Waals surface area contributed by atoms with Gasteiger partial charge in [-0.25, -0.2) is 0 Å². The summed E-state index contributed by atoms with van der Waals surface area (Å²) in [5, 5.41) is 3.39. The van der Waals surface area contributed by atoms with Crippen molar-refractivity contribution in [3.05, 3.63) is 24.0 Å². The zero-order valence-corrected chi connectivity index (χ0v) is 9.03. The number of rotatable bonds is 5. The van der Waals surface area contributed by atoms with E-state index in [1.165, 1.54) is 23.4 Å². The number of thioether (sulfide) groups is 1. The van der Waals surface area contributed by atoms with Crippen LogP contribution in [0.1, 0.15) is 12.0 Å². The van der Waals surface area contributed by atoms with E-state index in [0.717, 1.165) is 6.54 Å². The Morgan fingerprint density at radius 2 is 2.38 bits per heavy atom. The molecule has 72 valence electrons. The van der Waals surface area contributed by atoms with E-state index in [4.69, 9.17) is 0 Å². The first-order valence-electron chi connectivity index (χ1n) is 4.48. The van der Waals surface area contributed by atoms with E-state index in [2.05, 4.69) is 23.5 Å². The van der Waals surface area contributed by atoms with Crippen molar-refractivity contribution >= 4 is 17.4 Å². The summed E-state index contributed by atoms with van der Waals surface area (Å²) in [6.45, 7) is 3.12. The molecule has 0 unspecified atom stereocenters. The first kappa shape index (κ1) is 10.4. The molecular formula is C10H16N2S. The van der Waals surface area contributed by atoms with Crippen LogP contribution in [-0.4, -0.2) is 23.5 Å². The number of hydrogen-bond donors (Lipinski definition) is 1. The molecule has 0 fully saturated rings. The fourth-order valence-corrected chi connectivity index (χ4v) is 1.54. The topological polar surface area (TPSA) is 24.9 Å². The van der Waals surface area contributed by atoms with Crippen molar-refractivity contribution < 1.29 is 0 Å². The van der Waals surface area contributed by atoms with Gasteiger partial charge in [-0.05, 0) is 37.0 Å². The number of pyridine rings is 1. The Hall–Kier alpha value is -0.700. The Morgan fingerprint density at radius 3 is 3.08 bits per heavy atom. The van der Waals surface area contributed by atoms with E-state index < -0.39 is 0 Å². The molecule has 1 rings (SSSR count). The predicted octanol–water partition coefficient (Wildman–Crippen LogP) is 2.56. The molecule has 0 saturated carbocycles. The first-order valence-corrected chi connectivity index (χ1v) is 5.87. The maximum atomic E-state index is 4.05. The van der Waals surface area contributed by atoms with Crippen LogP contribution in [0.4, 0.5) is 5.69 Å². The van der Waals surface area contributed by atoms with Crippen LogP contribution in [0.2, 0.25) is 0 Å². The third-order valence-electron chi connectivity index (χ3n) is 1.86. The Bertz CT molecular complexity index is 250. The van der Waals surface area contributed by atoms with E-state index in [9.17, 15) is 0 Å². The molecule has 0 bridgehead atoms. The van der Waals surface area contributed by atoms with Gasteiger partial charge in [-0.15, -0.1) is 0 Å². The Kier molecular flexibility index (Phi) is 4.68. The lowest BCUT2D eigenvalue weighted by Crippen LogP contribution is -2.03. The molecule has 0 radical (unpaired) electrons. The summed E-state index contributed by atoms with van der Waals surface area (Å²) in [6, 6.07) is 2.02. The van der Waals surface area contributed by atoms with E-state index in [1.54, 1.807) is 0 Å². The number of nitrogens with zero attached hydrogens (tertiary/aromatic N) is 1. The highest BCUT2D eigenvalue weighted by Gasteiger charge is 1.94. The second-order valence-corrected chi connectivity index (χ2v) is 3.95. The zero-order valence-electron chi connectivity index (χ0n) is 8.21. The number of aryl methyl sites for hydroxylation is 1. The van der Waals surface area contributed by atoms with E-state index in [0.29, 0.717) is 0 Å². The molecule has 0 amide bonds. The molecule has 2 nitrogen and oxygen atoms in total. The Morgan fingerprint density at radius 1 is 1.54 bits per heavy atom. The average Bonchev–Trinajstić information content (AvgIpc) is 2.15. The zero-order chi connectivity index (χ0) is 9.52. The predicted molar refractivity (Wildman–Crippen MR) is 60.5 cm³/mol. The average molecular weight is 196 g/mol. The van der Waals surface area contributed by atoms with E-state index >= 15 is 0 Å². The van der Waals surface area contributed by atoms with Gasteiger partial charge in [-0.2, -0.15) is 11.8 Å². The molecule has 0 atom stereocenters. The fraction of sp³-hybridized carbons (Fsp3) is 0.500. The summed E-state index contributed by atoms with van der Waals surface area (Å²) >= 11 is 1.89. The smallest absolute Gasteiger partial charge is 0.0400 e. The molecule has 1 aromatic rings. The summed E-state index contributed by atoms with van der Waals surface area (Å²) in [4.78, 5) is 4.05. The van der Waals surface area contributed by atoms with Crippen LogP contribution in [-0.2, 0) is 0 Å². The SMILES string of the molecule is CSCCCNc1ccncc1C. The lowest BCUT2D eigenvalue weighted by Gasteiger charge is -2.07. The molecule has 3 heteroatoms.